The molecule has 0 aliphatic heterocycles. The van der Waals surface area contributed by atoms with Crippen molar-refractivity contribution in [2.75, 3.05) is 4.90 Å². The van der Waals surface area contributed by atoms with Crippen LogP contribution < -0.4 is 4.90 Å². The molecule has 12 aromatic rings. The highest BCUT2D eigenvalue weighted by Gasteiger charge is 2.24. The van der Waals surface area contributed by atoms with Crippen molar-refractivity contribution in [3.63, 3.8) is 0 Å². The molecule has 3 heterocycles. The SMILES string of the molecule is c1ccc(-n2c3ccccc3c3c(N(c4ccc(-n5c6ccccc6c6cc7ccccc7cc65)cc4)c4cccc5oc6ccccc6c45)cccc32)cc1. The standard InChI is InChI=1S/C52H33N3O/c1-2-16-36(17-3-1)53-44-22-10-7-19-40(44)51-45(53)23-12-24-46(51)55(47-25-13-27-50-52(47)41-20-8-11-26-49(41)56-50)38-30-28-37(29-31-38)54-43-21-9-6-18-39(43)42-32-34-14-4-5-15-35(34)33-48(42)54/h1-33H. The molecule has 12 rings (SSSR count). The summed E-state index contributed by atoms with van der Waals surface area (Å²) in [5, 5.41) is 9.55. The minimum absolute atomic E-state index is 0.863. The van der Waals surface area contributed by atoms with Crippen molar-refractivity contribution >= 4 is 93.4 Å². The second-order valence-corrected chi connectivity index (χ2v) is 14.5. The lowest BCUT2D eigenvalue weighted by Gasteiger charge is -2.27. The van der Waals surface area contributed by atoms with Crippen molar-refractivity contribution < 1.29 is 4.42 Å². The molecule has 0 unspecified atom stereocenters. The van der Waals surface area contributed by atoms with Gasteiger partial charge in [-0.05, 0) is 102 Å². The van der Waals surface area contributed by atoms with Gasteiger partial charge >= 0.3 is 0 Å². The lowest BCUT2D eigenvalue weighted by molar-refractivity contribution is 0.669. The summed E-state index contributed by atoms with van der Waals surface area (Å²) in [6.45, 7) is 0. The number of benzene rings is 9. The molecule has 0 atom stereocenters. The molecule has 4 heteroatoms. The number of rotatable bonds is 5. The van der Waals surface area contributed by atoms with Gasteiger partial charge in [0.25, 0.3) is 0 Å². The summed E-state index contributed by atoms with van der Waals surface area (Å²) in [6.07, 6.45) is 0. The van der Waals surface area contributed by atoms with Crippen LogP contribution in [0.2, 0.25) is 0 Å². The number of nitrogens with zero attached hydrogens (tertiary/aromatic N) is 3. The number of anilines is 3. The van der Waals surface area contributed by atoms with Crippen LogP contribution in [0, 0.1) is 0 Å². The topological polar surface area (TPSA) is 26.2 Å². The summed E-state index contributed by atoms with van der Waals surface area (Å²) in [5.41, 5.74) is 11.9. The van der Waals surface area contributed by atoms with Crippen LogP contribution in [0.1, 0.15) is 0 Å². The first-order valence-corrected chi connectivity index (χ1v) is 19.1. The van der Waals surface area contributed by atoms with E-state index >= 15 is 0 Å². The highest BCUT2D eigenvalue weighted by Crippen LogP contribution is 2.47. The van der Waals surface area contributed by atoms with Crippen molar-refractivity contribution in [3.05, 3.63) is 200 Å². The average molecular weight is 716 g/mol. The summed E-state index contributed by atoms with van der Waals surface area (Å²) >= 11 is 0. The molecule has 0 amide bonds. The van der Waals surface area contributed by atoms with Crippen LogP contribution in [0.5, 0.6) is 0 Å². The Morgan fingerprint density at radius 2 is 0.893 bits per heavy atom. The van der Waals surface area contributed by atoms with E-state index in [1.54, 1.807) is 0 Å². The number of furan rings is 1. The Hall–Kier alpha value is -7.56. The second-order valence-electron chi connectivity index (χ2n) is 14.5. The quantitative estimate of drug-likeness (QED) is 0.177. The predicted octanol–water partition coefficient (Wildman–Crippen LogP) is 14.4. The van der Waals surface area contributed by atoms with Crippen molar-refractivity contribution in [2.45, 2.75) is 0 Å². The van der Waals surface area contributed by atoms with E-state index < -0.39 is 0 Å². The Morgan fingerprint density at radius 3 is 1.70 bits per heavy atom. The van der Waals surface area contributed by atoms with Gasteiger partial charge in [0, 0.05) is 44.0 Å². The number of fused-ring (bicyclic) bond motifs is 10. The summed E-state index contributed by atoms with van der Waals surface area (Å²) in [5.74, 6) is 0. The first kappa shape index (κ1) is 30.9. The third-order valence-corrected chi connectivity index (χ3v) is 11.5. The average Bonchev–Trinajstić information content (AvgIpc) is 3.92. The molecule has 0 aliphatic carbocycles. The largest absolute Gasteiger partial charge is 0.456 e. The first-order chi connectivity index (χ1) is 27.8. The van der Waals surface area contributed by atoms with Gasteiger partial charge in [-0.1, -0.05) is 109 Å². The molecule has 0 saturated heterocycles. The molecule has 0 radical (unpaired) electrons. The van der Waals surface area contributed by atoms with Gasteiger partial charge in [0.1, 0.15) is 11.2 Å². The lowest BCUT2D eigenvalue weighted by atomic mass is 10.0. The highest BCUT2D eigenvalue weighted by atomic mass is 16.3. The van der Waals surface area contributed by atoms with E-state index in [1.165, 1.54) is 48.9 Å². The predicted molar refractivity (Wildman–Crippen MR) is 235 cm³/mol. The Bertz CT molecular complexity index is 3480. The molecule has 0 aliphatic rings. The molecule has 0 bridgehead atoms. The Balaban J connectivity index is 1.13. The zero-order valence-electron chi connectivity index (χ0n) is 30.3. The molecule has 0 saturated carbocycles. The first-order valence-electron chi connectivity index (χ1n) is 19.1. The molecular formula is C52H33N3O. The molecule has 3 aromatic heterocycles. The molecule has 4 nitrogen and oxygen atoms in total. The van der Waals surface area contributed by atoms with Crippen LogP contribution in [-0.4, -0.2) is 9.13 Å². The van der Waals surface area contributed by atoms with Gasteiger partial charge in [-0.3, -0.25) is 0 Å². The third-order valence-electron chi connectivity index (χ3n) is 11.5. The maximum Gasteiger partial charge on any atom is 0.137 e. The van der Waals surface area contributed by atoms with Gasteiger partial charge in [0.2, 0.25) is 0 Å². The maximum atomic E-state index is 6.48. The Morgan fingerprint density at radius 1 is 0.339 bits per heavy atom. The molecule has 0 N–H and O–H groups in total. The van der Waals surface area contributed by atoms with E-state index in [0.29, 0.717) is 0 Å². The Labute approximate surface area is 322 Å². The summed E-state index contributed by atoms with van der Waals surface area (Å²) < 4.78 is 11.3. The number of hydrogen-bond acceptors (Lipinski definition) is 2. The maximum absolute atomic E-state index is 6.48. The Kier molecular flexibility index (Phi) is 6.60. The van der Waals surface area contributed by atoms with Gasteiger partial charge in [-0.2, -0.15) is 0 Å². The summed E-state index contributed by atoms with van der Waals surface area (Å²) in [6, 6.07) is 72.0. The van der Waals surface area contributed by atoms with Crippen molar-refractivity contribution in [2.24, 2.45) is 0 Å². The van der Waals surface area contributed by atoms with E-state index in [4.69, 9.17) is 4.42 Å². The van der Waals surface area contributed by atoms with Crippen molar-refractivity contribution in [1.82, 2.24) is 9.13 Å². The number of para-hydroxylation sites is 4. The lowest BCUT2D eigenvalue weighted by Crippen LogP contribution is -2.11. The molecule has 262 valence electrons. The van der Waals surface area contributed by atoms with Gasteiger partial charge in [-0.15, -0.1) is 0 Å². The van der Waals surface area contributed by atoms with E-state index in [0.717, 1.165) is 55.9 Å². The van der Waals surface area contributed by atoms with Gasteiger partial charge in [-0.25, -0.2) is 0 Å². The molecule has 56 heavy (non-hydrogen) atoms. The van der Waals surface area contributed by atoms with Gasteiger partial charge < -0.3 is 18.5 Å². The smallest absolute Gasteiger partial charge is 0.137 e. The fourth-order valence-electron chi connectivity index (χ4n) is 9.08. The van der Waals surface area contributed by atoms with Gasteiger partial charge in [0.15, 0.2) is 0 Å². The van der Waals surface area contributed by atoms with E-state index in [1.807, 2.05) is 6.07 Å². The van der Waals surface area contributed by atoms with Crippen LogP contribution in [0.25, 0.3) is 87.7 Å². The van der Waals surface area contributed by atoms with Crippen molar-refractivity contribution in [3.8, 4) is 11.4 Å². The van der Waals surface area contributed by atoms with Gasteiger partial charge in [0.05, 0.1) is 38.8 Å². The third kappa shape index (κ3) is 4.47. The number of hydrogen-bond donors (Lipinski definition) is 0. The zero-order chi connectivity index (χ0) is 36.7. The normalized spacial score (nSPS) is 11.9. The minimum atomic E-state index is 0.863. The van der Waals surface area contributed by atoms with Crippen LogP contribution >= 0.6 is 0 Å². The van der Waals surface area contributed by atoms with Crippen LogP contribution in [0.4, 0.5) is 17.1 Å². The van der Waals surface area contributed by atoms with E-state index in [9.17, 15) is 0 Å². The number of aromatic nitrogens is 2. The van der Waals surface area contributed by atoms with Crippen LogP contribution in [0.3, 0.4) is 0 Å². The monoisotopic (exact) mass is 715 g/mol. The highest BCUT2D eigenvalue weighted by molar-refractivity contribution is 6.20. The summed E-state index contributed by atoms with van der Waals surface area (Å²) in [4.78, 5) is 2.43. The van der Waals surface area contributed by atoms with Crippen LogP contribution in [-0.2, 0) is 0 Å². The molecule has 0 spiro atoms. The molecule has 9 aromatic carbocycles. The van der Waals surface area contributed by atoms with Crippen LogP contribution in [0.15, 0.2) is 205 Å². The van der Waals surface area contributed by atoms with E-state index in [-0.39, 0.29) is 0 Å². The van der Waals surface area contributed by atoms with Crippen molar-refractivity contribution in [1.29, 1.82) is 0 Å². The zero-order valence-corrected chi connectivity index (χ0v) is 30.3. The fourth-order valence-corrected chi connectivity index (χ4v) is 9.08. The molecule has 0 fully saturated rings. The fraction of sp³-hybridized carbons (Fsp3) is 0. The summed E-state index contributed by atoms with van der Waals surface area (Å²) in [7, 11) is 0. The second kappa shape index (κ2) is 12.0. The van der Waals surface area contributed by atoms with E-state index in [2.05, 4.69) is 208 Å². The minimum Gasteiger partial charge on any atom is -0.456 e. The molecular weight excluding hydrogens is 683 g/mol.